The number of rotatable bonds is 3. The van der Waals surface area contributed by atoms with Crippen LogP contribution in [0.25, 0.3) is 0 Å². The Bertz CT molecular complexity index is 576. The first kappa shape index (κ1) is 15.0. The lowest BCUT2D eigenvalue weighted by Gasteiger charge is -2.08. The van der Waals surface area contributed by atoms with Crippen molar-refractivity contribution in [2.75, 3.05) is 5.88 Å². The average molecular weight is 290 g/mol. The molecule has 0 amide bonds. The Hall–Kier alpha value is -2.07. The number of ketones is 1. The van der Waals surface area contributed by atoms with E-state index in [-0.39, 0.29) is 23.0 Å². The van der Waals surface area contributed by atoms with E-state index in [0.717, 1.165) is 12.1 Å². The molecule has 0 spiro atoms. The third-order valence-corrected chi connectivity index (χ3v) is 2.30. The molecule has 1 aromatic rings. The summed E-state index contributed by atoms with van der Waals surface area (Å²) in [4.78, 5) is 14.9. The second-order valence-corrected chi connectivity index (χ2v) is 3.67. The maximum Gasteiger partial charge on any atom is 0.454 e. The predicted octanol–water partition coefficient (Wildman–Crippen LogP) is 2.53. The van der Waals surface area contributed by atoms with Crippen molar-refractivity contribution in [2.24, 2.45) is 10.7 Å². The number of benzene rings is 1. The van der Waals surface area contributed by atoms with Gasteiger partial charge >= 0.3 is 6.18 Å². The van der Waals surface area contributed by atoms with Gasteiger partial charge in [-0.1, -0.05) is 0 Å². The van der Waals surface area contributed by atoms with E-state index in [0.29, 0.717) is 0 Å². The molecule has 0 unspecified atom stereocenters. The van der Waals surface area contributed by atoms with Crippen LogP contribution in [0.2, 0.25) is 0 Å². The molecule has 19 heavy (non-hydrogen) atoms. The second-order valence-electron chi connectivity index (χ2n) is 3.41. The van der Waals surface area contributed by atoms with Gasteiger partial charge in [0.2, 0.25) is 0 Å². The molecular formula is C11H7ClF3N3O. The minimum absolute atomic E-state index is 0.0870. The number of alkyl halides is 4. The van der Waals surface area contributed by atoms with Gasteiger partial charge in [0.05, 0.1) is 28.8 Å². The van der Waals surface area contributed by atoms with Crippen LogP contribution in [0.4, 0.5) is 18.9 Å². The summed E-state index contributed by atoms with van der Waals surface area (Å²) in [6.07, 6.45) is -5.06. The van der Waals surface area contributed by atoms with Crippen molar-refractivity contribution in [3.63, 3.8) is 0 Å². The first-order chi connectivity index (χ1) is 8.79. The highest BCUT2D eigenvalue weighted by atomic mass is 35.5. The molecule has 0 aliphatic heterocycles. The maximum absolute atomic E-state index is 12.4. The number of aliphatic imine (C=N–C) groups is 1. The largest absolute Gasteiger partial charge is 0.454 e. The first-order valence-electron chi connectivity index (χ1n) is 4.84. The van der Waals surface area contributed by atoms with Gasteiger partial charge in [0.1, 0.15) is 5.84 Å². The van der Waals surface area contributed by atoms with Crippen LogP contribution in [0.15, 0.2) is 23.2 Å². The fourth-order valence-corrected chi connectivity index (χ4v) is 1.28. The van der Waals surface area contributed by atoms with Crippen molar-refractivity contribution in [3.05, 3.63) is 29.3 Å². The zero-order chi connectivity index (χ0) is 14.6. The Balaban J connectivity index is 3.42. The van der Waals surface area contributed by atoms with E-state index >= 15 is 0 Å². The van der Waals surface area contributed by atoms with E-state index in [4.69, 9.17) is 22.6 Å². The van der Waals surface area contributed by atoms with Gasteiger partial charge in [0.25, 0.3) is 5.78 Å². The van der Waals surface area contributed by atoms with Crippen LogP contribution in [0.5, 0.6) is 0 Å². The smallest absolute Gasteiger partial charge is 0.386 e. The molecule has 0 saturated heterocycles. The minimum Gasteiger partial charge on any atom is -0.386 e. The number of carbonyl (C=O) groups is 1. The Labute approximate surface area is 111 Å². The van der Waals surface area contributed by atoms with Gasteiger partial charge in [-0.05, 0) is 18.2 Å². The van der Waals surface area contributed by atoms with Gasteiger partial charge in [0.15, 0.2) is 0 Å². The normalized spacial score (nSPS) is 12.1. The van der Waals surface area contributed by atoms with Crippen molar-refractivity contribution in [3.8, 4) is 6.07 Å². The predicted molar refractivity (Wildman–Crippen MR) is 63.5 cm³/mol. The topological polar surface area (TPSA) is 79.2 Å². The molecule has 0 aliphatic rings. The van der Waals surface area contributed by atoms with Gasteiger partial charge in [-0.3, -0.25) is 4.79 Å². The second kappa shape index (κ2) is 5.71. The number of halogens is 4. The summed E-state index contributed by atoms with van der Waals surface area (Å²) in [5.41, 5.74) is 4.21. The number of Topliss-reactive ketones (excluding diaryl/α,β-unsaturated/α-hetero) is 1. The fraction of sp³-hybridized carbons (Fsp3) is 0.182. The van der Waals surface area contributed by atoms with Gasteiger partial charge in [-0.25, -0.2) is 4.99 Å². The van der Waals surface area contributed by atoms with E-state index in [1.807, 2.05) is 0 Å². The SMILES string of the molecule is N#Cc1ccc(N=C(N)CCl)c(C(=O)C(F)(F)F)c1. The Morgan fingerprint density at radius 2 is 2.11 bits per heavy atom. The Morgan fingerprint density at radius 3 is 2.58 bits per heavy atom. The molecule has 0 saturated carbocycles. The number of hydrogen-bond donors (Lipinski definition) is 1. The molecule has 0 atom stereocenters. The highest BCUT2D eigenvalue weighted by Gasteiger charge is 2.40. The molecule has 0 aliphatic carbocycles. The summed E-state index contributed by atoms with van der Waals surface area (Å²) in [5, 5.41) is 8.64. The quantitative estimate of drug-likeness (QED) is 0.402. The summed E-state index contributed by atoms with van der Waals surface area (Å²) in [5.74, 6) is -2.42. The van der Waals surface area contributed by atoms with E-state index in [1.54, 1.807) is 6.07 Å². The minimum atomic E-state index is -5.06. The molecule has 8 heteroatoms. The number of nitrogens with zero attached hydrogens (tertiary/aromatic N) is 2. The lowest BCUT2D eigenvalue weighted by molar-refractivity contribution is -0.0884. The molecule has 4 nitrogen and oxygen atoms in total. The molecule has 0 fully saturated rings. The Morgan fingerprint density at radius 1 is 1.47 bits per heavy atom. The van der Waals surface area contributed by atoms with Gasteiger partial charge < -0.3 is 5.73 Å². The number of carbonyl (C=O) groups excluding carboxylic acids is 1. The van der Waals surface area contributed by atoms with Crippen LogP contribution in [0.1, 0.15) is 15.9 Å². The van der Waals surface area contributed by atoms with Crippen LogP contribution >= 0.6 is 11.6 Å². The summed E-state index contributed by atoms with van der Waals surface area (Å²) in [6.45, 7) is 0. The molecule has 0 radical (unpaired) electrons. The zero-order valence-electron chi connectivity index (χ0n) is 9.33. The lowest BCUT2D eigenvalue weighted by Crippen LogP contribution is -2.23. The highest BCUT2D eigenvalue weighted by molar-refractivity contribution is 6.28. The third-order valence-electron chi connectivity index (χ3n) is 2.03. The van der Waals surface area contributed by atoms with Crippen molar-refractivity contribution in [1.82, 2.24) is 0 Å². The van der Waals surface area contributed by atoms with Crippen LogP contribution < -0.4 is 5.73 Å². The van der Waals surface area contributed by atoms with Crippen molar-refractivity contribution in [2.45, 2.75) is 6.18 Å². The van der Waals surface area contributed by atoms with E-state index < -0.39 is 17.5 Å². The summed E-state index contributed by atoms with van der Waals surface area (Å²) in [6, 6.07) is 4.80. The van der Waals surface area contributed by atoms with E-state index in [1.165, 1.54) is 6.07 Å². The number of nitriles is 1. The molecule has 100 valence electrons. The van der Waals surface area contributed by atoms with Crippen LogP contribution in [-0.2, 0) is 0 Å². The van der Waals surface area contributed by atoms with Gasteiger partial charge in [0, 0.05) is 0 Å². The van der Waals surface area contributed by atoms with E-state index in [9.17, 15) is 18.0 Å². The summed E-state index contributed by atoms with van der Waals surface area (Å²) in [7, 11) is 0. The maximum atomic E-state index is 12.4. The fourth-order valence-electron chi connectivity index (χ4n) is 1.22. The highest BCUT2D eigenvalue weighted by Crippen LogP contribution is 2.28. The molecule has 0 aromatic heterocycles. The van der Waals surface area contributed by atoms with Gasteiger partial charge in [-0.15, -0.1) is 11.6 Å². The molecule has 1 aromatic carbocycles. The van der Waals surface area contributed by atoms with Crippen molar-refractivity contribution >= 4 is 28.9 Å². The van der Waals surface area contributed by atoms with Crippen molar-refractivity contribution < 1.29 is 18.0 Å². The third kappa shape index (κ3) is 3.69. The van der Waals surface area contributed by atoms with Crippen molar-refractivity contribution in [1.29, 1.82) is 5.26 Å². The number of nitrogens with two attached hydrogens (primary N) is 1. The summed E-state index contributed by atoms with van der Waals surface area (Å²) >= 11 is 5.37. The first-order valence-corrected chi connectivity index (χ1v) is 5.37. The van der Waals surface area contributed by atoms with Crippen LogP contribution in [-0.4, -0.2) is 23.7 Å². The molecular weight excluding hydrogens is 283 g/mol. The average Bonchev–Trinajstić information content (AvgIpc) is 2.37. The lowest BCUT2D eigenvalue weighted by atomic mass is 10.0. The van der Waals surface area contributed by atoms with E-state index in [2.05, 4.69) is 4.99 Å². The standard InChI is InChI=1S/C11H7ClF3N3O/c12-4-9(17)18-8-2-1-6(5-16)3-7(8)10(19)11(13,14)15/h1-3H,4H2,(H2,17,18). The number of hydrogen-bond acceptors (Lipinski definition) is 3. The van der Waals surface area contributed by atoms with Crippen LogP contribution in [0, 0.1) is 11.3 Å². The zero-order valence-corrected chi connectivity index (χ0v) is 10.1. The van der Waals surface area contributed by atoms with Crippen LogP contribution in [0.3, 0.4) is 0 Å². The molecule has 0 heterocycles. The monoisotopic (exact) mass is 289 g/mol. The van der Waals surface area contributed by atoms with Gasteiger partial charge in [-0.2, -0.15) is 18.4 Å². The number of amidine groups is 1. The molecule has 1 rings (SSSR count). The Kier molecular flexibility index (Phi) is 4.51. The molecule has 2 N–H and O–H groups in total. The summed E-state index contributed by atoms with van der Waals surface area (Å²) < 4.78 is 37.3. The molecule has 0 bridgehead atoms.